The van der Waals surface area contributed by atoms with Crippen molar-refractivity contribution in [1.82, 2.24) is 5.32 Å². The number of nitrogens with one attached hydrogen (secondary N) is 1. The van der Waals surface area contributed by atoms with Crippen molar-refractivity contribution in [3.05, 3.63) is 35.4 Å². The van der Waals surface area contributed by atoms with Crippen LogP contribution < -0.4 is 5.32 Å². The van der Waals surface area contributed by atoms with E-state index in [1.807, 2.05) is 11.8 Å². The fourth-order valence-corrected chi connectivity index (χ4v) is 2.65. The molecule has 0 saturated carbocycles. The van der Waals surface area contributed by atoms with E-state index in [0.29, 0.717) is 5.37 Å². The molecular weight excluding hydrogens is 178 g/mol. The van der Waals surface area contributed by atoms with Crippen molar-refractivity contribution >= 4 is 11.8 Å². The normalized spacial score (nSPS) is 23.0. The van der Waals surface area contributed by atoms with Crippen molar-refractivity contribution in [2.75, 3.05) is 12.3 Å². The minimum atomic E-state index is 0.523. The predicted molar refractivity (Wildman–Crippen MR) is 59.0 cm³/mol. The van der Waals surface area contributed by atoms with Gasteiger partial charge in [-0.3, -0.25) is 0 Å². The van der Waals surface area contributed by atoms with Gasteiger partial charge in [0.05, 0.1) is 5.37 Å². The largest absolute Gasteiger partial charge is 0.302 e. The number of rotatable bonds is 1. The topological polar surface area (TPSA) is 12.0 Å². The SMILES string of the molecule is Cc1ccc([C@@H]2NCCCS2)cc1. The molecule has 1 aliphatic heterocycles. The van der Waals surface area contributed by atoms with E-state index in [1.165, 1.54) is 23.3 Å². The van der Waals surface area contributed by atoms with Gasteiger partial charge in [-0.25, -0.2) is 0 Å². The minimum absolute atomic E-state index is 0.523. The monoisotopic (exact) mass is 193 g/mol. The molecular formula is C11H15NS. The highest BCUT2D eigenvalue weighted by atomic mass is 32.2. The van der Waals surface area contributed by atoms with E-state index >= 15 is 0 Å². The molecule has 1 atom stereocenters. The molecule has 1 fully saturated rings. The van der Waals surface area contributed by atoms with Crippen LogP contribution in [0.4, 0.5) is 0 Å². The van der Waals surface area contributed by atoms with Crippen molar-refractivity contribution in [3.63, 3.8) is 0 Å². The first-order valence-electron chi connectivity index (χ1n) is 4.78. The van der Waals surface area contributed by atoms with Gasteiger partial charge >= 0.3 is 0 Å². The average molecular weight is 193 g/mol. The average Bonchev–Trinajstić information content (AvgIpc) is 2.20. The minimum Gasteiger partial charge on any atom is -0.302 e. The highest BCUT2D eigenvalue weighted by Crippen LogP contribution is 2.29. The molecule has 0 aliphatic carbocycles. The van der Waals surface area contributed by atoms with Crippen LogP contribution in [-0.4, -0.2) is 12.3 Å². The smallest absolute Gasteiger partial charge is 0.0789 e. The number of aryl methyl sites for hydroxylation is 1. The molecule has 0 unspecified atom stereocenters. The molecule has 2 heteroatoms. The Labute approximate surface area is 83.9 Å². The van der Waals surface area contributed by atoms with Gasteiger partial charge in [0.15, 0.2) is 0 Å². The third kappa shape index (κ3) is 2.26. The Bertz CT molecular complexity index is 262. The maximum absolute atomic E-state index is 3.52. The third-order valence-electron chi connectivity index (χ3n) is 2.32. The van der Waals surface area contributed by atoms with E-state index < -0.39 is 0 Å². The lowest BCUT2D eigenvalue weighted by Crippen LogP contribution is -2.25. The lowest BCUT2D eigenvalue weighted by Gasteiger charge is -2.23. The molecule has 1 N–H and O–H groups in total. The van der Waals surface area contributed by atoms with E-state index in [0.717, 1.165) is 6.54 Å². The van der Waals surface area contributed by atoms with Gasteiger partial charge in [-0.2, -0.15) is 0 Å². The second-order valence-electron chi connectivity index (χ2n) is 3.47. The lowest BCUT2D eigenvalue weighted by molar-refractivity contribution is 0.643. The third-order valence-corrected chi connectivity index (χ3v) is 3.61. The van der Waals surface area contributed by atoms with Crippen LogP contribution in [0.15, 0.2) is 24.3 Å². The van der Waals surface area contributed by atoms with Crippen LogP contribution >= 0.6 is 11.8 Å². The predicted octanol–water partition coefficient (Wildman–Crippen LogP) is 2.72. The Hall–Kier alpha value is -0.470. The Morgan fingerprint density at radius 2 is 2.08 bits per heavy atom. The molecule has 0 amide bonds. The summed E-state index contributed by atoms with van der Waals surface area (Å²) in [6.45, 7) is 3.29. The second-order valence-corrected chi connectivity index (χ2v) is 4.68. The van der Waals surface area contributed by atoms with Gasteiger partial charge in [-0.15, -0.1) is 11.8 Å². The van der Waals surface area contributed by atoms with Crippen molar-refractivity contribution in [2.45, 2.75) is 18.7 Å². The van der Waals surface area contributed by atoms with Gasteiger partial charge in [0.25, 0.3) is 0 Å². The van der Waals surface area contributed by atoms with Crippen molar-refractivity contribution in [3.8, 4) is 0 Å². The molecule has 0 aromatic heterocycles. The van der Waals surface area contributed by atoms with Crippen LogP contribution in [0, 0.1) is 6.92 Å². The number of thioether (sulfide) groups is 1. The zero-order valence-electron chi connectivity index (χ0n) is 7.92. The summed E-state index contributed by atoms with van der Waals surface area (Å²) in [6, 6.07) is 8.83. The highest BCUT2D eigenvalue weighted by Gasteiger charge is 2.14. The Balaban J connectivity index is 2.10. The summed E-state index contributed by atoms with van der Waals surface area (Å²) in [6.07, 6.45) is 1.30. The van der Waals surface area contributed by atoms with Crippen LogP contribution in [0.25, 0.3) is 0 Å². The zero-order valence-corrected chi connectivity index (χ0v) is 8.73. The highest BCUT2D eigenvalue weighted by molar-refractivity contribution is 7.99. The van der Waals surface area contributed by atoms with Crippen LogP contribution in [0.1, 0.15) is 22.9 Å². The molecule has 0 bridgehead atoms. The number of hydrogen-bond acceptors (Lipinski definition) is 2. The molecule has 13 heavy (non-hydrogen) atoms. The van der Waals surface area contributed by atoms with Gasteiger partial charge in [0.1, 0.15) is 0 Å². The van der Waals surface area contributed by atoms with Gasteiger partial charge in [0, 0.05) is 0 Å². The van der Waals surface area contributed by atoms with Gasteiger partial charge in [0.2, 0.25) is 0 Å². The van der Waals surface area contributed by atoms with Gasteiger partial charge < -0.3 is 5.32 Å². The molecule has 0 spiro atoms. The second kappa shape index (κ2) is 4.16. The molecule has 70 valence electrons. The summed E-state index contributed by atoms with van der Waals surface area (Å²) in [7, 11) is 0. The van der Waals surface area contributed by atoms with E-state index in [2.05, 4.69) is 36.5 Å². The fraction of sp³-hybridized carbons (Fsp3) is 0.455. The van der Waals surface area contributed by atoms with E-state index in [4.69, 9.17) is 0 Å². The Morgan fingerprint density at radius 3 is 2.69 bits per heavy atom. The first-order chi connectivity index (χ1) is 6.36. The number of benzene rings is 1. The van der Waals surface area contributed by atoms with Gasteiger partial charge in [-0.1, -0.05) is 29.8 Å². The lowest BCUT2D eigenvalue weighted by atomic mass is 10.1. The van der Waals surface area contributed by atoms with Gasteiger partial charge in [-0.05, 0) is 31.2 Å². The van der Waals surface area contributed by atoms with Crippen LogP contribution in [-0.2, 0) is 0 Å². The number of hydrogen-bond donors (Lipinski definition) is 1. The molecule has 2 rings (SSSR count). The van der Waals surface area contributed by atoms with Crippen molar-refractivity contribution in [1.29, 1.82) is 0 Å². The van der Waals surface area contributed by atoms with Crippen LogP contribution in [0.5, 0.6) is 0 Å². The maximum atomic E-state index is 3.52. The molecule has 1 nitrogen and oxygen atoms in total. The Kier molecular flexibility index (Phi) is 2.91. The molecule has 1 aromatic rings. The van der Waals surface area contributed by atoms with Crippen molar-refractivity contribution in [2.24, 2.45) is 0 Å². The maximum Gasteiger partial charge on any atom is 0.0789 e. The summed E-state index contributed by atoms with van der Waals surface area (Å²) < 4.78 is 0. The summed E-state index contributed by atoms with van der Waals surface area (Å²) >= 11 is 2.01. The summed E-state index contributed by atoms with van der Waals surface area (Å²) in [5.41, 5.74) is 2.75. The summed E-state index contributed by atoms with van der Waals surface area (Å²) in [4.78, 5) is 0. The molecule has 0 radical (unpaired) electrons. The van der Waals surface area contributed by atoms with Crippen LogP contribution in [0.2, 0.25) is 0 Å². The van der Waals surface area contributed by atoms with Crippen LogP contribution in [0.3, 0.4) is 0 Å². The first kappa shape index (κ1) is 9.10. The quantitative estimate of drug-likeness (QED) is 0.736. The molecule has 1 aromatic carbocycles. The van der Waals surface area contributed by atoms with E-state index in [9.17, 15) is 0 Å². The zero-order chi connectivity index (χ0) is 9.10. The molecule has 1 saturated heterocycles. The summed E-state index contributed by atoms with van der Waals surface area (Å²) in [5.74, 6) is 1.28. The summed E-state index contributed by atoms with van der Waals surface area (Å²) in [5, 5.41) is 4.04. The van der Waals surface area contributed by atoms with E-state index in [-0.39, 0.29) is 0 Å². The Morgan fingerprint density at radius 1 is 1.31 bits per heavy atom. The first-order valence-corrected chi connectivity index (χ1v) is 5.83. The standard InChI is InChI=1S/C11H15NS/c1-9-3-5-10(6-4-9)11-12-7-2-8-13-11/h3-6,11-12H,2,7-8H2,1H3/t11-/m1/s1. The molecule has 1 heterocycles. The molecule has 1 aliphatic rings. The fourth-order valence-electron chi connectivity index (χ4n) is 1.52. The van der Waals surface area contributed by atoms with E-state index in [1.54, 1.807) is 0 Å². The van der Waals surface area contributed by atoms with Crippen molar-refractivity contribution < 1.29 is 0 Å².